The van der Waals surface area contributed by atoms with Gasteiger partial charge in [-0.15, -0.1) is 0 Å². The second kappa shape index (κ2) is 4.53. The second-order valence-corrected chi connectivity index (χ2v) is 3.93. The predicted octanol–water partition coefficient (Wildman–Crippen LogP) is 1.00. The highest BCUT2D eigenvalue weighted by atomic mass is 16.5. The summed E-state index contributed by atoms with van der Waals surface area (Å²) in [6.45, 7) is 0.658. The van der Waals surface area contributed by atoms with Gasteiger partial charge >= 0.3 is 0 Å². The molecule has 0 radical (unpaired) electrons. The molecule has 0 spiro atoms. The predicted molar refractivity (Wildman–Crippen MR) is 66.5 cm³/mol. The zero-order valence-electron chi connectivity index (χ0n) is 10.3. The van der Waals surface area contributed by atoms with Crippen LogP contribution in [0, 0.1) is 0 Å². The summed E-state index contributed by atoms with van der Waals surface area (Å²) >= 11 is 0. The lowest BCUT2D eigenvalue weighted by Crippen LogP contribution is -2.32. The lowest BCUT2D eigenvalue weighted by molar-refractivity contribution is 0.364. The van der Waals surface area contributed by atoms with Gasteiger partial charge < -0.3 is 20.1 Å². The van der Waals surface area contributed by atoms with Crippen molar-refractivity contribution in [1.29, 1.82) is 0 Å². The summed E-state index contributed by atoms with van der Waals surface area (Å²) in [5.74, 6) is 2.14. The van der Waals surface area contributed by atoms with Gasteiger partial charge in [-0.3, -0.25) is 4.99 Å². The summed E-state index contributed by atoms with van der Waals surface area (Å²) in [6.07, 6.45) is 0. The van der Waals surface area contributed by atoms with Crippen LogP contribution in [0.3, 0.4) is 0 Å². The van der Waals surface area contributed by atoms with E-state index in [9.17, 15) is 0 Å². The van der Waals surface area contributed by atoms with E-state index in [1.165, 1.54) is 0 Å². The molecule has 2 N–H and O–H groups in total. The largest absolute Gasteiger partial charge is 0.497 e. The van der Waals surface area contributed by atoms with E-state index in [4.69, 9.17) is 15.2 Å². The molecule has 0 aliphatic carbocycles. The third-order valence-electron chi connectivity index (χ3n) is 3.05. The van der Waals surface area contributed by atoms with Crippen LogP contribution in [0.25, 0.3) is 0 Å². The Kier molecular flexibility index (Phi) is 3.08. The van der Waals surface area contributed by atoms with Crippen LogP contribution in [0.1, 0.15) is 11.6 Å². The fraction of sp³-hybridized carbons (Fsp3) is 0.417. The molecule has 0 amide bonds. The molecule has 2 rings (SSSR count). The van der Waals surface area contributed by atoms with E-state index in [1.54, 1.807) is 14.2 Å². The van der Waals surface area contributed by atoms with Crippen molar-refractivity contribution in [2.24, 2.45) is 10.7 Å². The summed E-state index contributed by atoms with van der Waals surface area (Å²) < 4.78 is 10.6. The van der Waals surface area contributed by atoms with Crippen molar-refractivity contribution in [3.05, 3.63) is 23.8 Å². The van der Waals surface area contributed by atoms with Crippen molar-refractivity contribution in [1.82, 2.24) is 4.90 Å². The first-order valence-electron chi connectivity index (χ1n) is 5.42. The Morgan fingerprint density at radius 2 is 2.12 bits per heavy atom. The summed E-state index contributed by atoms with van der Waals surface area (Å²) in [5.41, 5.74) is 6.83. The first-order valence-corrected chi connectivity index (χ1v) is 5.42. The van der Waals surface area contributed by atoms with E-state index >= 15 is 0 Å². The lowest BCUT2D eigenvalue weighted by atomic mass is 10.1. The van der Waals surface area contributed by atoms with Gasteiger partial charge in [0.05, 0.1) is 26.8 Å². The normalized spacial score (nSPS) is 19.1. The molecule has 1 aromatic rings. The van der Waals surface area contributed by atoms with Gasteiger partial charge in [0.15, 0.2) is 5.96 Å². The molecule has 5 nitrogen and oxygen atoms in total. The first kappa shape index (κ1) is 11.6. The van der Waals surface area contributed by atoms with Crippen LogP contribution in [0.5, 0.6) is 11.5 Å². The first-order chi connectivity index (χ1) is 8.17. The Morgan fingerprint density at radius 1 is 1.35 bits per heavy atom. The van der Waals surface area contributed by atoms with Crippen molar-refractivity contribution in [2.45, 2.75) is 6.04 Å². The highest BCUT2D eigenvalue weighted by Gasteiger charge is 2.26. The molecule has 0 fully saturated rings. The molecule has 0 saturated carbocycles. The third-order valence-corrected chi connectivity index (χ3v) is 3.05. The number of guanidine groups is 1. The number of hydrogen-bond acceptors (Lipinski definition) is 5. The second-order valence-electron chi connectivity index (χ2n) is 3.93. The number of hydrogen-bond donors (Lipinski definition) is 1. The third kappa shape index (κ3) is 2.00. The van der Waals surface area contributed by atoms with Crippen molar-refractivity contribution in [2.75, 3.05) is 27.8 Å². The van der Waals surface area contributed by atoms with Gasteiger partial charge in [-0.1, -0.05) is 0 Å². The van der Waals surface area contributed by atoms with E-state index in [2.05, 4.69) is 4.99 Å². The van der Waals surface area contributed by atoms with Crippen LogP contribution in [0.2, 0.25) is 0 Å². The number of nitrogens with two attached hydrogens (primary N) is 1. The van der Waals surface area contributed by atoms with E-state index < -0.39 is 0 Å². The van der Waals surface area contributed by atoms with E-state index in [-0.39, 0.29) is 6.04 Å². The van der Waals surface area contributed by atoms with E-state index in [1.807, 2.05) is 30.1 Å². The van der Waals surface area contributed by atoms with Gasteiger partial charge in [0, 0.05) is 18.7 Å². The van der Waals surface area contributed by atoms with Crippen LogP contribution in [-0.4, -0.2) is 38.7 Å². The molecule has 0 saturated heterocycles. The van der Waals surface area contributed by atoms with Crippen molar-refractivity contribution in [3.8, 4) is 11.5 Å². The maximum atomic E-state index is 5.76. The molecule has 1 aliphatic rings. The fourth-order valence-electron chi connectivity index (χ4n) is 1.97. The Labute approximate surface area is 101 Å². The van der Waals surface area contributed by atoms with Gasteiger partial charge in [0.2, 0.25) is 0 Å². The van der Waals surface area contributed by atoms with Gasteiger partial charge in [-0.25, -0.2) is 0 Å². The number of methoxy groups -OCH3 is 2. The van der Waals surface area contributed by atoms with Gasteiger partial charge in [-0.2, -0.15) is 0 Å². The standard InChI is InChI=1S/C12H17N3O2/c1-15-10(7-14-12(15)13)9-5-4-8(16-2)6-11(9)17-3/h4-6,10H,7H2,1-3H3,(H2,13,14). The SMILES string of the molecule is COc1ccc(C2CN=C(N)N2C)c(OC)c1. The van der Waals surface area contributed by atoms with Crippen molar-refractivity contribution in [3.63, 3.8) is 0 Å². The molecule has 0 bridgehead atoms. The zero-order valence-corrected chi connectivity index (χ0v) is 10.3. The number of likely N-dealkylation sites (N-methyl/N-ethyl adjacent to an activating group) is 1. The van der Waals surface area contributed by atoms with E-state index in [0.717, 1.165) is 17.1 Å². The monoisotopic (exact) mass is 235 g/mol. The maximum Gasteiger partial charge on any atom is 0.191 e. The molecule has 17 heavy (non-hydrogen) atoms. The number of nitrogens with zero attached hydrogens (tertiary/aromatic N) is 2. The van der Waals surface area contributed by atoms with Crippen LogP contribution >= 0.6 is 0 Å². The fourth-order valence-corrected chi connectivity index (χ4v) is 1.97. The highest BCUT2D eigenvalue weighted by molar-refractivity contribution is 5.80. The van der Waals surface area contributed by atoms with Gasteiger partial charge in [0.1, 0.15) is 11.5 Å². The number of ether oxygens (including phenoxy) is 2. The Balaban J connectivity index is 2.33. The number of benzene rings is 1. The van der Waals surface area contributed by atoms with Gasteiger partial charge in [0.25, 0.3) is 0 Å². The molecule has 1 unspecified atom stereocenters. The minimum absolute atomic E-state index is 0.135. The summed E-state index contributed by atoms with van der Waals surface area (Å²) in [6, 6.07) is 5.92. The van der Waals surface area contributed by atoms with Crippen molar-refractivity contribution < 1.29 is 9.47 Å². The highest BCUT2D eigenvalue weighted by Crippen LogP contribution is 2.33. The van der Waals surface area contributed by atoms with Crippen LogP contribution in [0.4, 0.5) is 0 Å². The molecule has 5 heteroatoms. The Hall–Kier alpha value is -1.91. The average molecular weight is 235 g/mol. The Bertz CT molecular complexity index is 445. The summed E-state index contributed by atoms with van der Waals surface area (Å²) in [5, 5.41) is 0. The molecule has 1 aromatic carbocycles. The number of aliphatic imine (C=N–C) groups is 1. The molecule has 92 valence electrons. The molecular formula is C12H17N3O2. The molecule has 0 aromatic heterocycles. The number of rotatable bonds is 3. The van der Waals surface area contributed by atoms with E-state index in [0.29, 0.717) is 12.5 Å². The average Bonchev–Trinajstić information content (AvgIpc) is 2.69. The van der Waals surface area contributed by atoms with Gasteiger partial charge in [-0.05, 0) is 12.1 Å². The lowest BCUT2D eigenvalue weighted by Gasteiger charge is -2.23. The summed E-state index contributed by atoms with van der Waals surface area (Å²) in [4.78, 5) is 6.18. The minimum Gasteiger partial charge on any atom is -0.497 e. The molecule has 1 heterocycles. The quantitative estimate of drug-likeness (QED) is 0.849. The van der Waals surface area contributed by atoms with Crippen LogP contribution < -0.4 is 15.2 Å². The topological polar surface area (TPSA) is 60.1 Å². The molecular weight excluding hydrogens is 218 g/mol. The maximum absolute atomic E-state index is 5.76. The van der Waals surface area contributed by atoms with Crippen LogP contribution in [-0.2, 0) is 0 Å². The van der Waals surface area contributed by atoms with Crippen LogP contribution in [0.15, 0.2) is 23.2 Å². The minimum atomic E-state index is 0.135. The molecule has 1 aliphatic heterocycles. The van der Waals surface area contributed by atoms with Crippen molar-refractivity contribution >= 4 is 5.96 Å². The zero-order chi connectivity index (χ0) is 12.4. The smallest absolute Gasteiger partial charge is 0.191 e. The Morgan fingerprint density at radius 3 is 2.65 bits per heavy atom. The molecule has 1 atom stereocenters. The summed E-state index contributed by atoms with van der Waals surface area (Å²) in [7, 11) is 5.22.